The maximum atomic E-state index is 11.8. The summed E-state index contributed by atoms with van der Waals surface area (Å²) in [6.07, 6.45) is 0. The van der Waals surface area contributed by atoms with Gasteiger partial charge in [0.05, 0.1) is 25.3 Å². The Morgan fingerprint density at radius 3 is 2.81 bits per heavy atom. The van der Waals surface area contributed by atoms with Crippen molar-refractivity contribution >= 4 is 17.6 Å². The monoisotopic (exact) mass is 310 g/mol. The van der Waals surface area contributed by atoms with Crippen LogP contribution in [0.5, 0.6) is 11.6 Å². The van der Waals surface area contributed by atoms with Gasteiger partial charge >= 0.3 is 5.97 Å². The average Bonchev–Trinajstić information content (AvgIpc) is 2.80. The summed E-state index contributed by atoms with van der Waals surface area (Å²) in [4.78, 5) is 11.8. The van der Waals surface area contributed by atoms with E-state index in [0.29, 0.717) is 10.8 Å². The van der Waals surface area contributed by atoms with Crippen molar-refractivity contribution in [1.29, 1.82) is 0 Å². The van der Waals surface area contributed by atoms with Gasteiger partial charge in [0, 0.05) is 6.07 Å². The highest BCUT2D eigenvalue weighted by molar-refractivity contribution is 6.32. The van der Waals surface area contributed by atoms with Crippen LogP contribution in [0.2, 0.25) is 5.02 Å². The van der Waals surface area contributed by atoms with Crippen molar-refractivity contribution < 1.29 is 19.4 Å². The zero-order valence-electron chi connectivity index (χ0n) is 11.7. The molecular formula is C14H15ClN2O4. The van der Waals surface area contributed by atoms with E-state index in [2.05, 4.69) is 5.10 Å². The van der Waals surface area contributed by atoms with Gasteiger partial charge in [-0.2, -0.15) is 0 Å². The van der Waals surface area contributed by atoms with Gasteiger partial charge in [0.15, 0.2) is 5.69 Å². The lowest BCUT2D eigenvalue weighted by atomic mass is 10.2. The Balaban J connectivity index is 2.27. The summed E-state index contributed by atoms with van der Waals surface area (Å²) in [7, 11) is 1.53. The predicted octanol–water partition coefficient (Wildman–Crippen LogP) is 2.48. The summed E-state index contributed by atoms with van der Waals surface area (Å²) >= 11 is 6.06. The van der Waals surface area contributed by atoms with Gasteiger partial charge < -0.3 is 14.6 Å². The lowest BCUT2D eigenvalue weighted by molar-refractivity contribution is 0.0512. The van der Waals surface area contributed by atoms with E-state index >= 15 is 0 Å². The van der Waals surface area contributed by atoms with Gasteiger partial charge in [-0.3, -0.25) is 0 Å². The number of aromatic hydroxyl groups is 1. The van der Waals surface area contributed by atoms with E-state index in [1.54, 1.807) is 25.1 Å². The second kappa shape index (κ2) is 6.49. The van der Waals surface area contributed by atoms with E-state index < -0.39 is 5.97 Å². The number of aromatic nitrogens is 2. The molecule has 0 spiro atoms. The minimum absolute atomic E-state index is 0.182. The highest BCUT2D eigenvalue weighted by Crippen LogP contribution is 2.25. The molecule has 2 aromatic rings. The minimum Gasteiger partial charge on any atom is -0.495 e. The molecule has 21 heavy (non-hydrogen) atoms. The lowest BCUT2D eigenvalue weighted by Crippen LogP contribution is -2.14. The molecule has 6 nitrogen and oxygen atoms in total. The van der Waals surface area contributed by atoms with Crippen molar-refractivity contribution in [3.63, 3.8) is 0 Å². The Morgan fingerprint density at radius 1 is 1.43 bits per heavy atom. The molecule has 0 saturated heterocycles. The maximum absolute atomic E-state index is 11.8. The molecule has 1 aromatic carbocycles. The SMILES string of the molecule is CCOC(=O)c1cc(O)nn1Cc1ccc(OC)c(Cl)c1. The standard InChI is InChI=1S/C14H15ClN2O4/c1-3-21-14(19)11-7-13(18)16-17(11)8-9-4-5-12(20-2)10(15)6-9/h4-7H,3,8H2,1-2H3,(H,16,18). The highest BCUT2D eigenvalue weighted by Gasteiger charge is 2.16. The molecule has 7 heteroatoms. The van der Waals surface area contributed by atoms with Gasteiger partial charge in [0.25, 0.3) is 0 Å². The third-order valence-electron chi connectivity index (χ3n) is 2.80. The van der Waals surface area contributed by atoms with Crippen LogP contribution in [-0.4, -0.2) is 34.6 Å². The maximum Gasteiger partial charge on any atom is 0.356 e. The Morgan fingerprint density at radius 2 is 2.19 bits per heavy atom. The number of carbonyl (C=O) groups excluding carboxylic acids is 1. The van der Waals surface area contributed by atoms with E-state index in [4.69, 9.17) is 21.1 Å². The van der Waals surface area contributed by atoms with Crippen LogP contribution in [0.1, 0.15) is 23.0 Å². The number of hydrogen-bond donors (Lipinski definition) is 1. The zero-order valence-corrected chi connectivity index (χ0v) is 12.4. The molecule has 0 fully saturated rings. The lowest BCUT2D eigenvalue weighted by Gasteiger charge is -2.08. The Kier molecular flexibility index (Phi) is 4.70. The quantitative estimate of drug-likeness (QED) is 0.859. The van der Waals surface area contributed by atoms with Crippen LogP contribution in [0.25, 0.3) is 0 Å². The van der Waals surface area contributed by atoms with Gasteiger partial charge in [-0.05, 0) is 24.6 Å². The van der Waals surface area contributed by atoms with Crippen molar-refractivity contribution in [3.8, 4) is 11.6 Å². The first-order chi connectivity index (χ1) is 10.0. The average molecular weight is 311 g/mol. The molecule has 1 N–H and O–H groups in total. The Labute approximate surface area is 126 Å². The van der Waals surface area contributed by atoms with Crippen molar-refractivity contribution in [3.05, 3.63) is 40.5 Å². The number of rotatable bonds is 5. The fourth-order valence-corrected chi connectivity index (χ4v) is 2.15. The van der Waals surface area contributed by atoms with Crippen molar-refractivity contribution in [2.75, 3.05) is 13.7 Å². The van der Waals surface area contributed by atoms with Crippen molar-refractivity contribution in [2.45, 2.75) is 13.5 Å². The van der Waals surface area contributed by atoms with Crippen LogP contribution in [0.3, 0.4) is 0 Å². The number of benzene rings is 1. The van der Waals surface area contributed by atoms with E-state index in [1.165, 1.54) is 17.9 Å². The highest BCUT2D eigenvalue weighted by atomic mass is 35.5. The summed E-state index contributed by atoms with van der Waals surface area (Å²) in [5.41, 5.74) is 0.996. The minimum atomic E-state index is -0.537. The van der Waals surface area contributed by atoms with Crippen molar-refractivity contribution in [2.24, 2.45) is 0 Å². The molecular weight excluding hydrogens is 296 g/mol. The van der Waals surface area contributed by atoms with Crippen LogP contribution in [-0.2, 0) is 11.3 Å². The van der Waals surface area contributed by atoms with Crippen molar-refractivity contribution in [1.82, 2.24) is 9.78 Å². The molecule has 0 saturated carbocycles. The molecule has 0 aliphatic heterocycles. The molecule has 0 radical (unpaired) electrons. The van der Waals surface area contributed by atoms with Gasteiger partial charge in [-0.1, -0.05) is 17.7 Å². The number of halogens is 1. The number of methoxy groups -OCH3 is 1. The molecule has 0 atom stereocenters. The molecule has 0 amide bonds. The molecule has 1 heterocycles. The molecule has 0 aliphatic rings. The Hall–Kier alpha value is -2.21. The van der Waals surface area contributed by atoms with E-state index in [0.717, 1.165) is 5.56 Å². The van der Waals surface area contributed by atoms with Crippen LogP contribution >= 0.6 is 11.6 Å². The third-order valence-corrected chi connectivity index (χ3v) is 3.10. The summed E-state index contributed by atoms with van der Waals surface area (Å²) < 4.78 is 11.4. The topological polar surface area (TPSA) is 73.6 Å². The first-order valence-corrected chi connectivity index (χ1v) is 6.69. The van der Waals surface area contributed by atoms with E-state index in [1.807, 2.05) is 0 Å². The van der Waals surface area contributed by atoms with Crippen LogP contribution in [0.4, 0.5) is 0 Å². The molecule has 0 aliphatic carbocycles. The summed E-state index contributed by atoms with van der Waals surface area (Å²) in [6, 6.07) is 6.51. The van der Waals surface area contributed by atoms with Gasteiger partial charge in [0.2, 0.25) is 5.88 Å². The first-order valence-electron chi connectivity index (χ1n) is 6.31. The number of carbonyl (C=O) groups is 1. The summed E-state index contributed by atoms with van der Waals surface area (Å²) in [5, 5.41) is 13.8. The zero-order chi connectivity index (χ0) is 15.4. The smallest absolute Gasteiger partial charge is 0.356 e. The summed E-state index contributed by atoms with van der Waals surface area (Å²) in [5.74, 6) is -0.211. The summed E-state index contributed by atoms with van der Waals surface area (Å²) in [6.45, 7) is 2.24. The number of nitrogens with zero attached hydrogens (tertiary/aromatic N) is 2. The van der Waals surface area contributed by atoms with Gasteiger partial charge in [-0.25, -0.2) is 9.48 Å². The van der Waals surface area contributed by atoms with Crippen LogP contribution < -0.4 is 4.74 Å². The number of esters is 1. The first kappa shape index (κ1) is 15.2. The van der Waals surface area contributed by atoms with Crippen LogP contribution in [0.15, 0.2) is 24.3 Å². The third kappa shape index (κ3) is 3.46. The molecule has 0 bridgehead atoms. The molecule has 0 unspecified atom stereocenters. The predicted molar refractivity (Wildman–Crippen MR) is 77.0 cm³/mol. The largest absolute Gasteiger partial charge is 0.495 e. The van der Waals surface area contributed by atoms with Crippen LogP contribution in [0, 0.1) is 0 Å². The van der Waals surface area contributed by atoms with Gasteiger partial charge in [-0.15, -0.1) is 5.10 Å². The number of ether oxygens (including phenoxy) is 2. The second-order valence-electron chi connectivity index (χ2n) is 4.23. The van der Waals surface area contributed by atoms with E-state index in [9.17, 15) is 9.90 Å². The number of hydrogen-bond acceptors (Lipinski definition) is 5. The molecule has 112 valence electrons. The molecule has 1 aromatic heterocycles. The normalized spacial score (nSPS) is 10.4. The van der Waals surface area contributed by atoms with Gasteiger partial charge in [0.1, 0.15) is 5.75 Å². The second-order valence-corrected chi connectivity index (χ2v) is 4.64. The Bertz CT molecular complexity index is 654. The fraction of sp³-hybridized carbons (Fsp3) is 0.286. The fourth-order valence-electron chi connectivity index (χ4n) is 1.87. The molecule has 2 rings (SSSR count). The van der Waals surface area contributed by atoms with E-state index in [-0.39, 0.29) is 24.7 Å².